The summed E-state index contributed by atoms with van der Waals surface area (Å²) in [5.41, 5.74) is 5.95. The maximum absolute atomic E-state index is 4.40. The van der Waals surface area contributed by atoms with Crippen molar-refractivity contribution < 1.29 is 0 Å². The molecule has 2 rings (SSSR count). The molecule has 0 bridgehead atoms. The summed E-state index contributed by atoms with van der Waals surface area (Å²) in [6.07, 6.45) is 5.27. The second kappa shape index (κ2) is 6.85. The molecule has 0 spiro atoms. The smallest absolute Gasteiger partial charge is 0.0640 e. The van der Waals surface area contributed by atoms with Crippen LogP contribution in [0.2, 0.25) is 0 Å². The summed E-state index contributed by atoms with van der Waals surface area (Å²) in [7, 11) is 1.85. The van der Waals surface area contributed by atoms with E-state index in [9.17, 15) is 0 Å². The first-order chi connectivity index (χ1) is 9.74. The highest BCUT2D eigenvalue weighted by Gasteiger charge is 2.04. The Kier molecular flexibility index (Phi) is 4.89. The van der Waals surface area contributed by atoms with E-state index in [2.05, 4.69) is 73.5 Å². The van der Waals surface area contributed by atoms with Gasteiger partial charge in [-0.2, -0.15) is 0 Å². The fraction of sp³-hybridized carbons (Fsp3) is 0.211. The van der Waals surface area contributed by atoms with Gasteiger partial charge < -0.3 is 0 Å². The number of allylic oxidation sites excluding steroid dienone is 2. The molecular weight excluding hydrogens is 242 g/mol. The normalized spacial score (nSPS) is 12.1. The average Bonchev–Trinajstić information content (AvgIpc) is 2.48. The lowest BCUT2D eigenvalue weighted by molar-refractivity contribution is 1.22. The van der Waals surface area contributed by atoms with E-state index in [0.29, 0.717) is 0 Å². The van der Waals surface area contributed by atoms with Crippen LogP contribution in [-0.4, -0.2) is 12.8 Å². The molecule has 0 aliphatic heterocycles. The van der Waals surface area contributed by atoms with Crippen molar-refractivity contribution in [1.82, 2.24) is 0 Å². The fourth-order valence-corrected chi connectivity index (χ4v) is 2.26. The molecule has 0 saturated heterocycles. The summed E-state index contributed by atoms with van der Waals surface area (Å²) in [5, 5.41) is 0. The second-order valence-electron chi connectivity index (χ2n) is 4.87. The molecule has 0 aliphatic carbocycles. The van der Waals surface area contributed by atoms with Crippen molar-refractivity contribution in [3.05, 3.63) is 71.8 Å². The number of aliphatic imine (C=N–C) groups is 1. The minimum atomic E-state index is 1.02. The quantitative estimate of drug-likeness (QED) is 0.685. The SMILES string of the molecule is CC/C=C\C(=NC)c1cc(C)cc(-c2ccccc2)c1. The van der Waals surface area contributed by atoms with Crippen LogP contribution in [0.3, 0.4) is 0 Å². The van der Waals surface area contributed by atoms with Crippen LogP contribution in [0.1, 0.15) is 24.5 Å². The van der Waals surface area contributed by atoms with Crippen molar-refractivity contribution in [2.45, 2.75) is 20.3 Å². The highest BCUT2D eigenvalue weighted by molar-refractivity contribution is 6.09. The average molecular weight is 263 g/mol. The molecule has 0 aliphatic rings. The van der Waals surface area contributed by atoms with E-state index in [4.69, 9.17) is 0 Å². The molecule has 0 fully saturated rings. The Morgan fingerprint density at radius 2 is 1.80 bits per heavy atom. The van der Waals surface area contributed by atoms with Crippen molar-refractivity contribution in [3.8, 4) is 11.1 Å². The van der Waals surface area contributed by atoms with E-state index in [0.717, 1.165) is 12.1 Å². The number of hydrogen-bond acceptors (Lipinski definition) is 1. The molecule has 0 heterocycles. The third-order valence-electron chi connectivity index (χ3n) is 3.23. The molecule has 1 nitrogen and oxygen atoms in total. The van der Waals surface area contributed by atoms with E-state index in [-0.39, 0.29) is 0 Å². The van der Waals surface area contributed by atoms with Crippen molar-refractivity contribution in [2.24, 2.45) is 4.99 Å². The minimum absolute atomic E-state index is 1.02. The Labute approximate surface area is 121 Å². The summed E-state index contributed by atoms with van der Waals surface area (Å²) >= 11 is 0. The zero-order chi connectivity index (χ0) is 14.4. The second-order valence-corrected chi connectivity index (χ2v) is 4.87. The molecule has 102 valence electrons. The third-order valence-corrected chi connectivity index (χ3v) is 3.23. The lowest BCUT2D eigenvalue weighted by atomic mass is 9.98. The Morgan fingerprint density at radius 1 is 1.05 bits per heavy atom. The van der Waals surface area contributed by atoms with E-state index in [1.165, 1.54) is 22.3 Å². The maximum Gasteiger partial charge on any atom is 0.0640 e. The van der Waals surface area contributed by atoms with Gasteiger partial charge in [-0.1, -0.05) is 49.4 Å². The molecule has 0 unspecified atom stereocenters. The largest absolute Gasteiger partial charge is 0.288 e. The summed E-state index contributed by atoms with van der Waals surface area (Å²) in [5.74, 6) is 0. The van der Waals surface area contributed by atoms with E-state index >= 15 is 0 Å². The van der Waals surface area contributed by atoms with Crippen molar-refractivity contribution in [3.63, 3.8) is 0 Å². The van der Waals surface area contributed by atoms with Crippen LogP contribution < -0.4 is 0 Å². The predicted molar refractivity (Wildman–Crippen MR) is 88.5 cm³/mol. The van der Waals surface area contributed by atoms with E-state index < -0.39 is 0 Å². The lowest BCUT2D eigenvalue weighted by Gasteiger charge is -2.08. The number of rotatable bonds is 4. The summed E-state index contributed by atoms with van der Waals surface area (Å²) in [6.45, 7) is 4.27. The van der Waals surface area contributed by atoms with Gasteiger partial charge in [0.25, 0.3) is 0 Å². The molecule has 1 heteroatoms. The Balaban J connectivity index is 2.46. The zero-order valence-electron chi connectivity index (χ0n) is 12.4. The Morgan fingerprint density at radius 3 is 2.45 bits per heavy atom. The van der Waals surface area contributed by atoms with Crippen LogP contribution in [0.25, 0.3) is 11.1 Å². The first-order valence-electron chi connectivity index (χ1n) is 7.05. The first kappa shape index (κ1) is 14.3. The number of hydrogen-bond donors (Lipinski definition) is 0. The molecule has 0 radical (unpaired) electrons. The van der Waals surface area contributed by atoms with Gasteiger partial charge in [0.2, 0.25) is 0 Å². The summed E-state index contributed by atoms with van der Waals surface area (Å²) < 4.78 is 0. The molecule has 0 atom stereocenters. The van der Waals surface area contributed by atoms with Gasteiger partial charge in [0.05, 0.1) is 5.71 Å². The van der Waals surface area contributed by atoms with Crippen LogP contribution in [0.5, 0.6) is 0 Å². The molecule has 0 saturated carbocycles. The number of nitrogens with zero attached hydrogens (tertiary/aromatic N) is 1. The molecule has 2 aromatic rings. The first-order valence-corrected chi connectivity index (χ1v) is 7.05. The third kappa shape index (κ3) is 3.45. The van der Waals surface area contributed by atoms with Crippen LogP contribution in [0, 0.1) is 6.92 Å². The van der Waals surface area contributed by atoms with Crippen LogP contribution in [0.4, 0.5) is 0 Å². The fourth-order valence-electron chi connectivity index (χ4n) is 2.26. The number of benzene rings is 2. The van der Waals surface area contributed by atoms with E-state index in [1.54, 1.807) is 0 Å². The zero-order valence-corrected chi connectivity index (χ0v) is 12.4. The molecule has 2 aromatic carbocycles. The Bertz CT molecular complexity index is 621. The van der Waals surface area contributed by atoms with Gasteiger partial charge in [-0.3, -0.25) is 4.99 Å². The van der Waals surface area contributed by atoms with Gasteiger partial charge in [0, 0.05) is 12.6 Å². The van der Waals surface area contributed by atoms with Gasteiger partial charge in [0.15, 0.2) is 0 Å². The van der Waals surface area contributed by atoms with Gasteiger partial charge in [-0.15, -0.1) is 0 Å². The number of aryl methyl sites for hydroxylation is 1. The van der Waals surface area contributed by atoms with Gasteiger partial charge in [0.1, 0.15) is 0 Å². The van der Waals surface area contributed by atoms with Gasteiger partial charge >= 0.3 is 0 Å². The predicted octanol–water partition coefficient (Wildman–Crippen LogP) is 5.05. The molecule has 0 amide bonds. The monoisotopic (exact) mass is 263 g/mol. The standard InChI is InChI=1S/C19H21N/c1-4-5-11-19(20-3)18-13-15(2)12-17(14-18)16-9-7-6-8-10-16/h5-14H,4H2,1-3H3/b11-5-,20-19?. The minimum Gasteiger partial charge on any atom is -0.288 e. The molecule has 0 N–H and O–H groups in total. The lowest BCUT2D eigenvalue weighted by Crippen LogP contribution is -1.98. The topological polar surface area (TPSA) is 12.4 Å². The highest BCUT2D eigenvalue weighted by Crippen LogP contribution is 2.22. The summed E-state index contributed by atoms with van der Waals surface area (Å²) in [4.78, 5) is 4.40. The van der Waals surface area contributed by atoms with Gasteiger partial charge in [-0.05, 0) is 48.2 Å². The van der Waals surface area contributed by atoms with Gasteiger partial charge in [-0.25, -0.2) is 0 Å². The highest BCUT2D eigenvalue weighted by atomic mass is 14.7. The molecule has 0 aromatic heterocycles. The molecular formula is C19H21N. The van der Waals surface area contributed by atoms with Crippen molar-refractivity contribution >= 4 is 5.71 Å². The maximum atomic E-state index is 4.40. The summed E-state index contributed by atoms with van der Waals surface area (Å²) in [6, 6.07) is 17.1. The van der Waals surface area contributed by atoms with E-state index in [1.807, 2.05) is 13.1 Å². The van der Waals surface area contributed by atoms with Crippen LogP contribution in [-0.2, 0) is 0 Å². The Hall–Kier alpha value is -2.15. The van der Waals surface area contributed by atoms with Crippen LogP contribution in [0.15, 0.2) is 65.7 Å². The van der Waals surface area contributed by atoms with Crippen molar-refractivity contribution in [1.29, 1.82) is 0 Å². The van der Waals surface area contributed by atoms with Crippen LogP contribution >= 0.6 is 0 Å². The molecule has 20 heavy (non-hydrogen) atoms. The van der Waals surface area contributed by atoms with Crippen molar-refractivity contribution in [2.75, 3.05) is 7.05 Å².